The normalized spacial score (nSPS) is 15.1. The molecule has 8 nitrogen and oxygen atoms in total. The predicted molar refractivity (Wildman–Crippen MR) is 146 cm³/mol. The van der Waals surface area contributed by atoms with Crippen molar-refractivity contribution in [3.63, 3.8) is 0 Å². The number of aromatic nitrogens is 1. The van der Waals surface area contributed by atoms with Crippen molar-refractivity contribution in [2.75, 3.05) is 31.6 Å². The maximum atomic E-state index is 12.2. The van der Waals surface area contributed by atoms with Gasteiger partial charge in [0.15, 0.2) is 0 Å². The van der Waals surface area contributed by atoms with Gasteiger partial charge >= 0.3 is 18.1 Å². The Bertz CT molecular complexity index is 1360. The molecule has 1 saturated heterocycles. The Kier molecular flexibility index (Phi) is 10.1. The van der Waals surface area contributed by atoms with Gasteiger partial charge in [0.25, 0.3) is 5.56 Å². The van der Waals surface area contributed by atoms with Crippen molar-refractivity contribution < 1.29 is 33.0 Å². The van der Waals surface area contributed by atoms with Crippen molar-refractivity contribution >= 4 is 17.6 Å². The number of aromatic carboxylic acids is 1. The van der Waals surface area contributed by atoms with E-state index in [-0.39, 0.29) is 5.56 Å². The van der Waals surface area contributed by atoms with E-state index in [0.29, 0.717) is 18.0 Å². The number of alkyl halides is 3. The van der Waals surface area contributed by atoms with Crippen LogP contribution in [0.15, 0.2) is 65.5 Å². The first-order chi connectivity index (χ1) is 18.9. The maximum Gasteiger partial charge on any atom is 0.490 e. The number of nitrogens with zero attached hydrogens (tertiary/aromatic N) is 2. The topological polar surface area (TPSA) is 114 Å². The third-order valence-electron chi connectivity index (χ3n) is 6.65. The molecule has 4 rings (SSSR count). The fourth-order valence-electron chi connectivity index (χ4n) is 4.72. The number of carboxylic acids is 2. The van der Waals surface area contributed by atoms with Crippen LogP contribution in [0.25, 0.3) is 11.3 Å². The van der Waals surface area contributed by atoms with Crippen LogP contribution in [0.5, 0.6) is 0 Å². The molecule has 11 heteroatoms. The second-order valence-electron chi connectivity index (χ2n) is 9.70. The van der Waals surface area contributed by atoms with Crippen LogP contribution in [0, 0.1) is 5.92 Å². The van der Waals surface area contributed by atoms with Gasteiger partial charge in [-0.1, -0.05) is 49.4 Å². The summed E-state index contributed by atoms with van der Waals surface area (Å²) in [5, 5.41) is 16.4. The smallest absolute Gasteiger partial charge is 0.477 e. The molecule has 1 aromatic heterocycles. The molecule has 0 amide bonds. The molecule has 1 aliphatic heterocycles. The van der Waals surface area contributed by atoms with Crippen molar-refractivity contribution in [1.29, 1.82) is 0 Å². The van der Waals surface area contributed by atoms with E-state index in [9.17, 15) is 27.9 Å². The Morgan fingerprint density at radius 2 is 1.70 bits per heavy atom. The Labute approximate surface area is 229 Å². The van der Waals surface area contributed by atoms with Crippen molar-refractivity contribution in [2.24, 2.45) is 5.92 Å². The van der Waals surface area contributed by atoms with Gasteiger partial charge in [0.05, 0.1) is 5.69 Å². The number of rotatable bonds is 8. The van der Waals surface area contributed by atoms with Gasteiger partial charge in [-0.15, -0.1) is 0 Å². The summed E-state index contributed by atoms with van der Waals surface area (Å²) >= 11 is 0. The van der Waals surface area contributed by atoms with Gasteiger partial charge in [0, 0.05) is 31.9 Å². The molecule has 0 spiro atoms. The lowest BCUT2D eigenvalue weighted by Crippen LogP contribution is -2.28. The number of pyridine rings is 1. The van der Waals surface area contributed by atoms with Crippen LogP contribution in [0.4, 0.5) is 18.9 Å². The van der Waals surface area contributed by atoms with E-state index >= 15 is 0 Å². The zero-order chi connectivity index (χ0) is 29.4. The van der Waals surface area contributed by atoms with Gasteiger partial charge in [-0.05, 0) is 60.7 Å². The third-order valence-corrected chi connectivity index (χ3v) is 6.65. The van der Waals surface area contributed by atoms with Crippen LogP contribution >= 0.6 is 0 Å². The average molecular weight is 560 g/mol. The molecule has 214 valence electrons. The van der Waals surface area contributed by atoms with Gasteiger partial charge < -0.3 is 25.0 Å². The fraction of sp³-hybridized carbons (Fsp3) is 0.345. The zero-order valence-corrected chi connectivity index (χ0v) is 22.2. The van der Waals surface area contributed by atoms with E-state index in [1.165, 1.54) is 23.7 Å². The van der Waals surface area contributed by atoms with Crippen molar-refractivity contribution in [3.8, 4) is 11.3 Å². The Morgan fingerprint density at radius 3 is 2.25 bits per heavy atom. The van der Waals surface area contributed by atoms with E-state index in [1.807, 2.05) is 19.1 Å². The summed E-state index contributed by atoms with van der Waals surface area (Å²) in [5.74, 6) is -3.33. The summed E-state index contributed by atoms with van der Waals surface area (Å²) in [5.41, 5.74) is 4.14. The number of H-pyrrole nitrogens is 1. The van der Waals surface area contributed by atoms with Gasteiger partial charge in [-0.2, -0.15) is 13.2 Å². The van der Waals surface area contributed by atoms with Crippen LogP contribution < -0.4 is 10.5 Å². The monoisotopic (exact) mass is 559 g/mol. The van der Waals surface area contributed by atoms with Gasteiger partial charge in [0.1, 0.15) is 5.56 Å². The summed E-state index contributed by atoms with van der Waals surface area (Å²) in [6, 6.07) is 20.3. The van der Waals surface area contributed by atoms with E-state index < -0.39 is 23.7 Å². The van der Waals surface area contributed by atoms with Crippen LogP contribution in [-0.2, 0) is 17.8 Å². The highest BCUT2D eigenvalue weighted by atomic mass is 19.4. The van der Waals surface area contributed by atoms with Crippen molar-refractivity contribution in [1.82, 2.24) is 9.88 Å². The molecule has 1 fully saturated rings. The van der Waals surface area contributed by atoms with Gasteiger partial charge in [0.2, 0.25) is 0 Å². The largest absolute Gasteiger partial charge is 0.490 e. The van der Waals surface area contributed by atoms with E-state index in [4.69, 9.17) is 9.90 Å². The lowest BCUT2D eigenvalue weighted by atomic mass is 10.0. The van der Waals surface area contributed by atoms with E-state index in [2.05, 4.69) is 64.3 Å². The molecule has 2 aromatic carbocycles. The predicted octanol–water partition coefficient (Wildman–Crippen LogP) is 4.89. The van der Waals surface area contributed by atoms with Crippen LogP contribution in [0.2, 0.25) is 0 Å². The lowest BCUT2D eigenvalue weighted by Gasteiger charge is -2.23. The molecule has 1 aliphatic rings. The SMILES string of the molecule is CCc1cc(C(=O)O)c(=O)[nH]c1-c1ccc(N2CCC(CN(C)Cc3ccccc3)C2)cc1.O=C(O)C(F)(F)F. The number of aliphatic carboxylic acids is 1. The van der Waals surface area contributed by atoms with Crippen LogP contribution in [0.3, 0.4) is 0 Å². The standard InChI is InChI=1S/C27H31N3O3.C2HF3O2/c1-3-21-15-24(27(32)33)26(31)28-25(21)22-9-11-23(12-10-22)30-14-13-20(18-30)17-29(2)16-19-7-5-4-6-8-19;3-2(4,5)1(6)7/h4-12,15,20H,3,13-14,16-18H2,1-2H3,(H,28,31)(H,32,33);(H,6,7). The Hall–Kier alpha value is -4.12. The molecule has 0 aliphatic carbocycles. The summed E-state index contributed by atoms with van der Waals surface area (Å²) < 4.78 is 31.7. The number of aromatic amines is 1. The first kappa shape index (κ1) is 30.4. The highest BCUT2D eigenvalue weighted by molar-refractivity contribution is 5.88. The average Bonchev–Trinajstić information content (AvgIpc) is 3.37. The molecule has 3 N–H and O–H groups in total. The molecule has 1 unspecified atom stereocenters. The van der Waals surface area contributed by atoms with Crippen LogP contribution in [-0.4, -0.2) is 64.9 Å². The first-order valence-corrected chi connectivity index (χ1v) is 12.8. The van der Waals surface area contributed by atoms with E-state index in [0.717, 1.165) is 37.3 Å². The number of anilines is 1. The highest BCUT2D eigenvalue weighted by Crippen LogP contribution is 2.28. The molecule has 1 atom stereocenters. The molecular weight excluding hydrogens is 527 g/mol. The summed E-state index contributed by atoms with van der Waals surface area (Å²) in [4.78, 5) is 40.0. The molecule has 2 heterocycles. The number of benzene rings is 2. The third kappa shape index (κ3) is 8.19. The second kappa shape index (κ2) is 13.3. The molecule has 0 radical (unpaired) electrons. The number of nitrogens with one attached hydrogen (secondary N) is 1. The summed E-state index contributed by atoms with van der Waals surface area (Å²) in [6.45, 7) is 6.05. The number of carboxylic acid groups (broad SMARTS) is 2. The quantitative estimate of drug-likeness (QED) is 0.360. The fourth-order valence-corrected chi connectivity index (χ4v) is 4.72. The molecular formula is C29H32F3N3O5. The Morgan fingerprint density at radius 1 is 1.07 bits per heavy atom. The van der Waals surface area contributed by atoms with E-state index in [1.54, 1.807) is 0 Å². The van der Waals surface area contributed by atoms with Gasteiger partial charge in [-0.25, -0.2) is 9.59 Å². The summed E-state index contributed by atoms with van der Waals surface area (Å²) in [7, 11) is 2.19. The number of halogens is 3. The number of hydrogen-bond donors (Lipinski definition) is 3. The molecule has 0 bridgehead atoms. The number of aryl methyl sites for hydroxylation is 1. The molecule has 40 heavy (non-hydrogen) atoms. The van der Waals surface area contributed by atoms with Crippen LogP contribution in [0.1, 0.15) is 34.8 Å². The lowest BCUT2D eigenvalue weighted by molar-refractivity contribution is -0.192. The van der Waals surface area contributed by atoms with Crippen molar-refractivity contribution in [3.05, 3.63) is 87.7 Å². The minimum atomic E-state index is -5.08. The zero-order valence-electron chi connectivity index (χ0n) is 22.2. The number of hydrogen-bond acceptors (Lipinski definition) is 5. The molecule has 0 saturated carbocycles. The first-order valence-electron chi connectivity index (χ1n) is 12.8. The minimum Gasteiger partial charge on any atom is -0.477 e. The highest BCUT2D eigenvalue weighted by Gasteiger charge is 2.38. The minimum absolute atomic E-state index is 0.215. The maximum absolute atomic E-state index is 12.2. The summed E-state index contributed by atoms with van der Waals surface area (Å²) in [6.07, 6.45) is -3.27. The Balaban J connectivity index is 0.000000559. The number of carbonyl (C=O) groups is 2. The van der Waals surface area contributed by atoms with Crippen molar-refractivity contribution in [2.45, 2.75) is 32.5 Å². The van der Waals surface area contributed by atoms with Gasteiger partial charge in [-0.3, -0.25) is 4.79 Å². The second-order valence-corrected chi connectivity index (χ2v) is 9.70. The molecule has 3 aromatic rings.